The van der Waals surface area contributed by atoms with Crippen LogP contribution in [0.5, 0.6) is 0 Å². The minimum Gasteiger partial charge on any atom is -0.326 e. The molecule has 5 nitrogen and oxygen atoms in total. The number of amides is 2. The lowest BCUT2D eigenvalue weighted by atomic mass is 10.1. The first-order chi connectivity index (χ1) is 10.1. The summed E-state index contributed by atoms with van der Waals surface area (Å²) < 4.78 is 0. The third kappa shape index (κ3) is 3.68. The Morgan fingerprint density at radius 3 is 2.43 bits per heavy atom. The second kappa shape index (κ2) is 5.68. The monoisotopic (exact) mass is 285 g/mol. The van der Waals surface area contributed by atoms with Crippen molar-refractivity contribution in [3.63, 3.8) is 0 Å². The number of benzene rings is 1. The maximum atomic E-state index is 11.8. The van der Waals surface area contributed by atoms with Gasteiger partial charge in [0.2, 0.25) is 11.8 Å². The number of carbonyl (C=O) groups excluding carboxylic acids is 2. The van der Waals surface area contributed by atoms with E-state index in [4.69, 9.17) is 0 Å². The molecule has 0 heterocycles. The zero-order valence-corrected chi connectivity index (χ0v) is 12.1. The Morgan fingerprint density at radius 2 is 1.76 bits per heavy atom. The van der Waals surface area contributed by atoms with E-state index in [9.17, 15) is 9.59 Å². The minimum absolute atomic E-state index is 0.00691. The van der Waals surface area contributed by atoms with Gasteiger partial charge in [-0.3, -0.25) is 9.59 Å². The lowest BCUT2D eigenvalue weighted by molar-refractivity contribution is -0.122. The highest BCUT2D eigenvalue weighted by molar-refractivity contribution is 6.01. The molecular formula is C16H19N3O2. The second-order valence-corrected chi connectivity index (χ2v) is 5.79. The maximum absolute atomic E-state index is 11.8. The van der Waals surface area contributed by atoms with E-state index in [-0.39, 0.29) is 23.7 Å². The van der Waals surface area contributed by atoms with Crippen LogP contribution < -0.4 is 10.7 Å². The Hall–Kier alpha value is -2.17. The predicted molar refractivity (Wildman–Crippen MR) is 80.9 cm³/mol. The standard InChI is InChI=1S/C16H19N3O2/c1-10(18-19-16(21)12-7-8-12)13-3-2-4-14(9-13)17-15(20)11-5-6-11/h2-4,9,11-12H,5-8H2,1H3,(H,17,20)(H,19,21)/b18-10-. The summed E-state index contributed by atoms with van der Waals surface area (Å²) in [5, 5.41) is 7.04. The van der Waals surface area contributed by atoms with Gasteiger partial charge >= 0.3 is 0 Å². The molecule has 5 heteroatoms. The van der Waals surface area contributed by atoms with Crippen molar-refractivity contribution in [2.24, 2.45) is 16.9 Å². The summed E-state index contributed by atoms with van der Waals surface area (Å²) in [5.74, 6) is 0.406. The summed E-state index contributed by atoms with van der Waals surface area (Å²) in [4.78, 5) is 23.3. The van der Waals surface area contributed by atoms with Crippen LogP contribution in [-0.2, 0) is 9.59 Å². The lowest BCUT2D eigenvalue weighted by Gasteiger charge is -2.07. The molecule has 110 valence electrons. The molecule has 0 radical (unpaired) electrons. The van der Waals surface area contributed by atoms with Crippen LogP contribution in [0.4, 0.5) is 5.69 Å². The summed E-state index contributed by atoms with van der Waals surface area (Å²) in [7, 11) is 0. The number of nitrogens with zero attached hydrogens (tertiary/aromatic N) is 1. The number of carbonyl (C=O) groups is 2. The van der Waals surface area contributed by atoms with Crippen molar-refractivity contribution in [2.75, 3.05) is 5.32 Å². The van der Waals surface area contributed by atoms with E-state index in [0.29, 0.717) is 0 Å². The number of hydrogen-bond donors (Lipinski definition) is 2. The van der Waals surface area contributed by atoms with Crippen LogP contribution in [0.2, 0.25) is 0 Å². The number of anilines is 1. The molecule has 2 amide bonds. The molecule has 2 aliphatic carbocycles. The summed E-state index contributed by atoms with van der Waals surface area (Å²) in [6.45, 7) is 1.84. The fraction of sp³-hybridized carbons (Fsp3) is 0.438. The van der Waals surface area contributed by atoms with E-state index in [1.165, 1.54) is 0 Å². The van der Waals surface area contributed by atoms with E-state index in [1.807, 2.05) is 31.2 Å². The Balaban J connectivity index is 1.64. The Bertz CT molecular complexity index is 601. The smallest absolute Gasteiger partial charge is 0.243 e. The molecule has 2 aliphatic rings. The fourth-order valence-corrected chi connectivity index (χ4v) is 2.05. The van der Waals surface area contributed by atoms with E-state index in [1.54, 1.807) is 0 Å². The molecule has 2 fully saturated rings. The molecule has 0 atom stereocenters. The van der Waals surface area contributed by atoms with Crippen molar-refractivity contribution < 1.29 is 9.59 Å². The van der Waals surface area contributed by atoms with Gasteiger partial charge in [0.15, 0.2) is 0 Å². The van der Waals surface area contributed by atoms with Gasteiger partial charge in [0.05, 0.1) is 5.71 Å². The molecule has 2 saturated carbocycles. The molecule has 0 bridgehead atoms. The van der Waals surface area contributed by atoms with Gasteiger partial charge in [0, 0.05) is 17.5 Å². The Kier molecular flexibility index (Phi) is 3.73. The summed E-state index contributed by atoms with van der Waals surface area (Å²) in [6.07, 6.45) is 3.89. The number of rotatable bonds is 5. The molecule has 0 unspecified atom stereocenters. The molecule has 21 heavy (non-hydrogen) atoms. The minimum atomic E-state index is -0.00691. The SMILES string of the molecule is C/C(=N/NC(=O)C1CC1)c1cccc(NC(=O)C2CC2)c1. The van der Waals surface area contributed by atoms with E-state index in [0.717, 1.165) is 42.6 Å². The topological polar surface area (TPSA) is 70.6 Å². The van der Waals surface area contributed by atoms with Crippen molar-refractivity contribution in [3.05, 3.63) is 29.8 Å². The molecule has 0 aliphatic heterocycles. The van der Waals surface area contributed by atoms with Crippen molar-refractivity contribution in [1.82, 2.24) is 5.43 Å². The molecule has 1 aromatic rings. The van der Waals surface area contributed by atoms with Gasteiger partial charge in [0.25, 0.3) is 0 Å². The average molecular weight is 285 g/mol. The highest BCUT2D eigenvalue weighted by atomic mass is 16.2. The van der Waals surface area contributed by atoms with Crippen LogP contribution >= 0.6 is 0 Å². The first-order valence-electron chi connectivity index (χ1n) is 7.39. The van der Waals surface area contributed by atoms with Crippen molar-refractivity contribution in [1.29, 1.82) is 0 Å². The quantitative estimate of drug-likeness (QED) is 0.643. The van der Waals surface area contributed by atoms with Gasteiger partial charge in [-0.25, -0.2) is 5.43 Å². The first-order valence-corrected chi connectivity index (χ1v) is 7.39. The van der Waals surface area contributed by atoms with Crippen LogP contribution in [0.3, 0.4) is 0 Å². The summed E-state index contributed by atoms with van der Waals surface area (Å²) in [5.41, 5.74) is 4.98. The van der Waals surface area contributed by atoms with Crippen LogP contribution in [0.1, 0.15) is 38.2 Å². The van der Waals surface area contributed by atoms with Gasteiger partial charge < -0.3 is 5.32 Å². The normalized spacial score (nSPS) is 18.2. The molecule has 0 spiro atoms. The third-order valence-corrected chi connectivity index (χ3v) is 3.78. The van der Waals surface area contributed by atoms with E-state index >= 15 is 0 Å². The fourth-order valence-electron chi connectivity index (χ4n) is 2.05. The maximum Gasteiger partial charge on any atom is 0.243 e. The van der Waals surface area contributed by atoms with Gasteiger partial charge in [0.1, 0.15) is 0 Å². The lowest BCUT2D eigenvalue weighted by Crippen LogP contribution is -2.20. The molecule has 2 N–H and O–H groups in total. The van der Waals surface area contributed by atoms with Crippen LogP contribution in [0.25, 0.3) is 0 Å². The predicted octanol–water partition coefficient (Wildman–Crippen LogP) is 2.29. The highest BCUT2D eigenvalue weighted by Gasteiger charge is 2.30. The van der Waals surface area contributed by atoms with Gasteiger partial charge in [-0.05, 0) is 50.3 Å². The molecule has 0 aromatic heterocycles. The van der Waals surface area contributed by atoms with Crippen molar-refractivity contribution in [2.45, 2.75) is 32.6 Å². The number of nitrogens with one attached hydrogen (secondary N) is 2. The summed E-state index contributed by atoms with van der Waals surface area (Å²) in [6, 6.07) is 7.52. The largest absolute Gasteiger partial charge is 0.326 e. The zero-order chi connectivity index (χ0) is 14.8. The van der Waals surface area contributed by atoms with Crippen LogP contribution in [0, 0.1) is 11.8 Å². The zero-order valence-electron chi connectivity index (χ0n) is 12.1. The van der Waals surface area contributed by atoms with Crippen LogP contribution in [0.15, 0.2) is 29.4 Å². The van der Waals surface area contributed by atoms with E-state index in [2.05, 4.69) is 15.8 Å². The number of hydrazone groups is 1. The Labute approximate surface area is 123 Å². The molecular weight excluding hydrogens is 266 g/mol. The van der Waals surface area contributed by atoms with Gasteiger partial charge in [-0.1, -0.05) is 12.1 Å². The molecule has 0 saturated heterocycles. The van der Waals surface area contributed by atoms with E-state index < -0.39 is 0 Å². The molecule has 1 aromatic carbocycles. The van der Waals surface area contributed by atoms with Crippen molar-refractivity contribution in [3.8, 4) is 0 Å². The second-order valence-electron chi connectivity index (χ2n) is 5.79. The number of hydrogen-bond acceptors (Lipinski definition) is 3. The average Bonchev–Trinajstić information content (AvgIpc) is 3.36. The van der Waals surface area contributed by atoms with Crippen molar-refractivity contribution >= 4 is 23.2 Å². The summed E-state index contributed by atoms with van der Waals surface area (Å²) >= 11 is 0. The van der Waals surface area contributed by atoms with Crippen LogP contribution in [-0.4, -0.2) is 17.5 Å². The highest BCUT2D eigenvalue weighted by Crippen LogP contribution is 2.30. The van der Waals surface area contributed by atoms with Gasteiger partial charge in [-0.15, -0.1) is 0 Å². The third-order valence-electron chi connectivity index (χ3n) is 3.78. The Morgan fingerprint density at radius 1 is 1.10 bits per heavy atom. The molecule has 3 rings (SSSR count). The van der Waals surface area contributed by atoms with Gasteiger partial charge in [-0.2, -0.15) is 5.10 Å². The first kappa shape index (κ1) is 13.8.